The van der Waals surface area contributed by atoms with E-state index in [-0.39, 0.29) is 0 Å². The number of rotatable bonds is 2. The molecule has 2 heterocycles. The minimum atomic E-state index is 0.392. The Kier molecular flexibility index (Phi) is 4.16. The second kappa shape index (κ2) is 5.71. The molecule has 0 aromatic carbocycles. The molecule has 1 aliphatic rings. The van der Waals surface area contributed by atoms with Crippen molar-refractivity contribution < 1.29 is 0 Å². The van der Waals surface area contributed by atoms with Gasteiger partial charge in [0.25, 0.3) is 0 Å². The summed E-state index contributed by atoms with van der Waals surface area (Å²) < 4.78 is 0. The summed E-state index contributed by atoms with van der Waals surface area (Å²) in [4.78, 5) is 6.42. The molecule has 1 unspecified atom stereocenters. The molecule has 0 amide bonds. The van der Waals surface area contributed by atoms with E-state index in [1.165, 1.54) is 52.3 Å². The summed E-state index contributed by atoms with van der Waals surface area (Å²) >= 11 is 7.88. The molecule has 0 spiro atoms. The molecule has 0 saturated carbocycles. The highest BCUT2D eigenvalue weighted by molar-refractivity contribution is 9.09. The molecule has 19 heavy (non-hydrogen) atoms. The summed E-state index contributed by atoms with van der Waals surface area (Å²) in [5.41, 5.74) is 3.04. The second-order valence-electron chi connectivity index (χ2n) is 5.42. The van der Waals surface area contributed by atoms with Gasteiger partial charge in [-0.25, -0.2) is 0 Å². The molecule has 0 N–H and O–H groups in total. The quantitative estimate of drug-likeness (QED) is 0.446. The average molecular weight is 355 g/mol. The topological polar surface area (TPSA) is 0 Å². The molecule has 0 fully saturated rings. The lowest BCUT2D eigenvalue weighted by atomic mass is 10.1. The van der Waals surface area contributed by atoms with Crippen molar-refractivity contribution in [2.75, 3.05) is 0 Å². The lowest BCUT2D eigenvalue weighted by molar-refractivity contribution is 0.712. The van der Waals surface area contributed by atoms with Gasteiger partial charge in [-0.2, -0.15) is 0 Å². The maximum Gasteiger partial charge on any atom is 0.0833 e. The van der Waals surface area contributed by atoms with E-state index < -0.39 is 0 Å². The molecule has 3 heteroatoms. The molecule has 0 nitrogen and oxygen atoms in total. The van der Waals surface area contributed by atoms with Gasteiger partial charge in [-0.15, -0.1) is 22.7 Å². The third kappa shape index (κ3) is 2.84. The Balaban J connectivity index is 1.92. The minimum absolute atomic E-state index is 0.392. The number of alkyl halides is 1. The fraction of sp³-hybridized carbons (Fsp3) is 0.500. The standard InChI is InChI=1S/C16H19BrS2/c1-10-8-11(2)18-16(10)15(17)14-9-12-6-4-3-5-7-13(12)19-14/h8-9,15H,3-7H2,1-2H3. The Hall–Kier alpha value is -0.120. The molecular formula is C16H19BrS2. The van der Waals surface area contributed by atoms with E-state index in [1.807, 2.05) is 22.7 Å². The fourth-order valence-electron chi connectivity index (χ4n) is 2.86. The van der Waals surface area contributed by atoms with Gasteiger partial charge >= 0.3 is 0 Å². The van der Waals surface area contributed by atoms with Crippen LogP contribution >= 0.6 is 38.6 Å². The highest BCUT2D eigenvalue weighted by atomic mass is 79.9. The first-order valence-electron chi connectivity index (χ1n) is 6.97. The monoisotopic (exact) mass is 354 g/mol. The van der Waals surface area contributed by atoms with E-state index in [2.05, 4.69) is 41.9 Å². The average Bonchev–Trinajstić information content (AvgIpc) is 2.85. The predicted molar refractivity (Wildman–Crippen MR) is 90.1 cm³/mol. The summed E-state index contributed by atoms with van der Waals surface area (Å²) in [6.07, 6.45) is 6.72. The molecular weight excluding hydrogens is 336 g/mol. The van der Waals surface area contributed by atoms with E-state index in [0.717, 1.165) is 0 Å². The zero-order valence-corrected chi connectivity index (χ0v) is 14.7. The normalized spacial score (nSPS) is 17.0. The molecule has 1 atom stereocenters. The lowest BCUT2D eigenvalue weighted by Gasteiger charge is -2.06. The Labute approximate surface area is 132 Å². The second-order valence-corrected chi connectivity index (χ2v) is 8.80. The van der Waals surface area contributed by atoms with Crippen LogP contribution in [0.5, 0.6) is 0 Å². The number of halogens is 1. The minimum Gasteiger partial charge on any atom is -0.144 e. The number of hydrogen-bond donors (Lipinski definition) is 0. The van der Waals surface area contributed by atoms with Gasteiger partial charge in [0.15, 0.2) is 0 Å². The third-order valence-corrected chi connectivity index (χ3v) is 7.90. The van der Waals surface area contributed by atoms with Crippen LogP contribution in [0.3, 0.4) is 0 Å². The van der Waals surface area contributed by atoms with Crippen molar-refractivity contribution >= 4 is 38.6 Å². The largest absolute Gasteiger partial charge is 0.144 e. The molecule has 2 aromatic rings. The zero-order chi connectivity index (χ0) is 13.4. The first-order valence-corrected chi connectivity index (χ1v) is 9.52. The molecule has 102 valence electrons. The van der Waals surface area contributed by atoms with Crippen LogP contribution in [0.25, 0.3) is 0 Å². The van der Waals surface area contributed by atoms with Crippen molar-refractivity contribution in [3.63, 3.8) is 0 Å². The highest BCUT2D eigenvalue weighted by Crippen LogP contribution is 2.42. The van der Waals surface area contributed by atoms with Gasteiger partial charge in [0.2, 0.25) is 0 Å². The number of fused-ring (bicyclic) bond motifs is 1. The van der Waals surface area contributed by atoms with Crippen LogP contribution in [0.1, 0.15) is 54.7 Å². The summed E-state index contributed by atoms with van der Waals surface area (Å²) in [5.74, 6) is 0. The van der Waals surface area contributed by atoms with Gasteiger partial charge in [0.1, 0.15) is 0 Å². The third-order valence-electron chi connectivity index (χ3n) is 3.83. The van der Waals surface area contributed by atoms with Crippen LogP contribution in [0.15, 0.2) is 12.1 Å². The summed E-state index contributed by atoms with van der Waals surface area (Å²) in [5, 5.41) is 0. The lowest BCUT2D eigenvalue weighted by Crippen LogP contribution is -1.88. The molecule has 0 bridgehead atoms. The van der Waals surface area contributed by atoms with Crippen LogP contribution in [0.4, 0.5) is 0 Å². The van der Waals surface area contributed by atoms with Gasteiger partial charge < -0.3 is 0 Å². The number of hydrogen-bond acceptors (Lipinski definition) is 2. The van der Waals surface area contributed by atoms with Crippen molar-refractivity contribution in [2.45, 2.75) is 50.8 Å². The molecule has 0 saturated heterocycles. The zero-order valence-electron chi connectivity index (χ0n) is 11.5. The van der Waals surface area contributed by atoms with Gasteiger partial charge in [-0.05, 0) is 62.8 Å². The first-order chi connectivity index (χ1) is 9.15. The van der Waals surface area contributed by atoms with Crippen molar-refractivity contribution in [3.8, 4) is 0 Å². The van der Waals surface area contributed by atoms with Crippen molar-refractivity contribution in [1.29, 1.82) is 0 Å². The summed E-state index contributed by atoms with van der Waals surface area (Å²) in [6, 6.07) is 4.76. The van der Waals surface area contributed by atoms with E-state index in [9.17, 15) is 0 Å². The molecule has 0 radical (unpaired) electrons. The Morgan fingerprint density at radius 1 is 1.05 bits per heavy atom. The maximum atomic E-state index is 3.92. The van der Waals surface area contributed by atoms with Crippen LogP contribution in [-0.2, 0) is 12.8 Å². The van der Waals surface area contributed by atoms with Crippen molar-refractivity contribution in [3.05, 3.63) is 42.8 Å². The van der Waals surface area contributed by atoms with Crippen molar-refractivity contribution in [2.24, 2.45) is 0 Å². The van der Waals surface area contributed by atoms with E-state index in [0.29, 0.717) is 4.83 Å². The Morgan fingerprint density at radius 2 is 1.84 bits per heavy atom. The Bertz CT molecular complexity index is 556. The van der Waals surface area contributed by atoms with Gasteiger partial charge in [-0.1, -0.05) is 22.4 Å². The first kappa shape index (κ1) is 13.8. The van der Waals surface area contributed by atoms with E-state index >= 15 is 0 Å². The van der Waals surface area contributed by atoms with Crippen LogP contribution in [0.2, 0.25) is 0 Å². The summed E-state index contributed by atoms with van der Waals surface area (Å²) in [7, 11) is 0. The van der Waals surface area contributed by atoms with E-state index in [1.54, 1.807) is 10.4 Å². The number of aryl methyl sites for hydroxylation is 4. The Morgan fingerprint density at radius 3 is 2.58 bits per heavy atom. The molecule has 2 aromatic heterocycles. The predicted octanol–water partition coefficient (Wildman–Crippen LogP) is 6.18. The van der Waals surface area contributed by atoms with Crippen LogP contribution in [-0.4, -0.2) is 0 Å². The molecule has 1 aliphatic carbocycles. The highest BCUT2D eigenvalue weighted by Gasteiger charge is 2.20. The van der Waals surface area contributed by atoms with Crippen LogP contribution < -0.4 is 0 Å². The molecule has 3 rings (SSSR count). The van der Waals surface area contributed by atoms with Crippen molar-refractivity contribution in [1.82, 2.24) is 0 Å². The SMILES string of the molecule is Cc1cc(C)c(C(Br)c2cc3c(s2)CCCCC3)s1. The van der Waals surface area contributed by atoms with Gasteiger partial charge in [0, 0.05) is 19.5 Å². The van der Waals surface area contributed by atoms with Gasteiger partial charge in [-0.3, -0.25) is 0 Å². The van der Waals surface area contributed by atoms with Crippen LogP contribution in [0, 0.1) is 13.8 Å². The fourth-order valence-corrected chi connectivity index (χ4v) is 6.26. The molecule has 0 aliphatic heterocycles. The van der Waals surface area contributed by atoms with Gasteiger partial charge in [0.05, 0.1) is 4.83 Å². The number of thiophene rings is 2. The smallest absolute Gasteiger partial charge is 0.0833 e. The van der Waals surface area contributed by atoms with E-state index in [4.69, 9.17) is 0 Å². The summed E-state index contributed by atoms with van der Waals surface area (Å²) in [6.45, 7) is 4.43. The maximum absolute atomic E-state index is 3.92.